The van der Waals surface area contributed by atoms with Crippen LogP contribution in [0.2, 0.25) is 0 Å². The lowest BCUT2D eigenvalue weighted by molar-refractivity contribution is 0.133. The van der Waals surface area contributed by atoms with E-state index in [2.05, 4.69) is 17.1 Å². The first-order valence-corrected chi connectivity index (χ1v) is 7.91. The van der Waals surface area contributed by atoms with Crippen molar-refractivity contribution >= 4 is 5.69 Å². The highest BCUT2D eigenvalue weighted by molar-refractivity contribution is 5.58. The SMILES string of the molecule is CNC(C)c1cc(F)c(C)cc1N1CC2CCC(O)C2C1. The molecule has 1 aliphatic carbocycles. The van der Waals surface area contributed by atoms with E-state index in [1.807, 2.05) is 20.0 Å². The van der Waals surface area contributed by atoms with Crippen LogP contribution in [-0.4, -0.2) is 31.3 Å². The van der Waals surface area contributed by atoms with Crippen molar-refractivity contribution in [1.29, 1.82) is 0 Å². The average molecular weight is 292 g/mol. The number of halogens is 1. The molecule has 3 rings (SSSR count). The number of benzene rings is 1. The van der Waals surface area contributed by atoms with Crippen LogP contribution >= 0.6 is 0 Å². The van der Waals surface area contributed by atoms with Crippen LogP contribution in [0.1, 0.15) is 36.9 Å². The summed E-state index contributed by atoms with van der Waals surface area (Å²) in [4.78, 5) is 2.34. The lowest BCUT2D eigenvalue weighted by Crippen LogP contribution is -2.27. The molecule has 0 spiro atoms. The number of fused-ring (bicyclic) bond motifs is 1. The summed E-state index contributed by atoms with van der Waals surface area (Å²) in [6, 6.07) is 3.74. The predicted molar refractivity (Wildman–Crippen MR) is 83.0 cm³/mol. The van der Waals surface area contributed by atoms with Gasteiger partial charge < -0.3 is 15.3 Å². The average Bonchev–Trinajstić information content (AvgIpc) is 3.03. The highest BCUT2D eigenvalue weighted by atomic mass is 19.1. The molecule has 1 saturated heterocycles. The van der Waals surface area contributed by atoms with Crippen molar-refractivity contribution in [2.24, 2.45) is 11.8 Å². The van der Waals surface area contributed by atoms with Gasteiger partial charge in [0.1, 0.15) is 5.82 Å². The first kappa shape index (κ1) is 14.8. The Morgan fingerprint density at radius 2 is 2.10 bits per heavy atom. The van der Waals surface area contributed by atoms with Crippen molar-refractivity contribution in [3.05, 3.63) is 29.1 Å². The standard InChI is InChI=1S/C17H25FN2O/c1-10-6-16(13(7-15(10)18)11(2)19-3)20-8-12-4-5-17(21)14(12)9-20/h6-7,11-12,14,17,19,21H,4-5,8-9H2,1-3H3. The molecule has 2 fully saturated rings. The third-order valence-electron chi connectivity index (χ3n) is 5.37. The van der Waals surface area contributed by atoms with E-state index in [1.165, 1.54) is 0 Å². The Balaban J connectivity index is 1.93. The first-order valence-electron chi connectivity index (χ1n) is 7.91. The molecule has 2 aliphatic rings. The van der Waals surface area contributed by atoms with Gasteiger partial charge in [-0.05, 0) is 62.9 Å². The van der Waals surface area contributed by atoms with Crippen molar-refractivity contribution in [3.63, 3.8) is 0 Å². The van der Waals surface area contributed by atoms with Gasteiger partial charge in [0.2, 0.25) is 0 Å². The van der Waals surface area contributed by atoms with Crippen molar-refractivity contribution in [3.8, 4) is 0 Å². The monoisotopic (exact) mass is 292 g/mol. The number of nitrogens with zero attached hydrogens (tertiary/aromatic N) is 1. The van der Waals surface area contributed by atoms with Crippen LogP contribution in [0.25, 0.3) is 0 Å². The second-order valence-corrected chi connectivity index (χ2v) is 6.64. The summed E-state index contributed by atoms with van der Waals surface area (Å²) in [7, 11) is 1.90. The fraction of sp³-hybridized carbons (Fsp3) is 0.647. The van der Waals surface area contributed by atoms with Gasteiger partial charge in [-0.1, -0.05) is 0 Å². The molecule has 1 aliphatic heterocycles. The van der Waals surface area contributed by atoms with Gasteiger partial charge in [0, 0.05) is 30.7 Å². The zero-order valence-electron chi connectivity index (χ0n) is 13.1. The zero-order chi connectivity index (χ0) is 15.1. The molecule has 0 aromatic heterocycles. The maximum Gasteiger partial charge on any atom is 0.126 e. The Labute approximate surface area is 126 Å². The normalized spacial score (nSPS) is 29.8. The van der Waals surface area contributed by atoms with Crippen molar-refractivity contribution < 1.29 is 9.50 Å². The molecule has 4 unspecified atom stereocenters. The van der Waals surface area contributed by atoms with Crippen LogP contribution in [0.5, 0.6) is 0 Å². The van der Waals surface area contributed by atoms with E-state index in [0.29, 0.717) is 17.4 Å². The zero-order valence-corrected chi connectivity index (χ0v) is 13.1. The van der Waals surface area contributed by atoms with Crippen molar-refractivity contribution in [1.82, 2.24) is 5.32 Å². The summed E-state index contributed by atoms with van der Waals surface area (Å²) in [6.45, 7) is 5.74. The number of nitrogens with one attached hydrogen (secondary N) is 1. The van der Waals surface area contributed by atoms with E-state index in [0.717, 1.165) is 37.2 Å². The number of aryl methyl sites for hydroxylation is 1. The largest absolute Gasteiger partial charge is 0.393 e. The fourth-order valence-electron chi connectivity index (χ4n) is 3.89. The van der Waals surface area contributed by atoms with Crippen molar-refractivity contribution in [2.75, 3.05) is 25.0 Å². The van der Waals surface area contributed by atoms with Gasteiger partial charge in [-0.3, -0.25) is 0 Å². The van der Waals surface area contributed by atoms with Crippen LogP contribution < -0.4 is 10.2 Å². The van der Waals surface area contributed by atoms with Crippen LogP contribution in [-0.2, 0) is 0 Å². The van der Waals surface area contributed by atoms with Crippen molar-refractivity contribution in [2.45, 2.75) is 38.8 Å². The van der Waals surface area contributed by atoms with E-state index in [9.17, 15) is 9.50 Å². The van der Waals surface area contributed by atoms with Gasteiger partial charge in [-0.15, -0.1) is 0 Å². The quantitative estimate of drug-likeness (QED) is 0.899. The van der Waals surface area contributed by atoms with Crippen LogP contribution in [0.3, 0.4) is 0 Å². The molecule has 0 amide bonds. The number of anilines is 1. The smallest absolute Gasteiger partial charge is 0.126 e. The lowest BCUT2D eigenvalue weighted by atomic mass is 10.00. The highest BCUT2D eigenvalue weighted by Gasteiger charge is 2.42. The third kappa shape index (κ3) is 2.55. The molecular weight excluding hydrogens is 267 g/mol. The molecule has 21 heavy (non-hydrogen) atoms. The maximum atomic E-state index is 13.9. The molecule has 4 atom stereocenters. The second-order valence-electron chi connectivity index (χ2n) is 6.64. The van der Waals surface area contributed by atoms with Gasteiger partial charge >= 0.3 is 0 Å². The third-order valence-corrected chi connectivity index (χ3v) is 5.37. The van der Waals surface area contributed by atoms with E-state index in [1.54, 1.807) is 6.07 Å². The van der Waals surface area contributed by atoms with E-state index < -0.39 is 0 Å². The molecular formula is C17H25FN2O. The summed E-state index contributed by atoms with van der Waals surface area (Å²) < 4.78 is 13.9. The molecule has 1 aromatic rings. The molecule has 116 valence electrons. The number of rotatable bonds is 3. The van der Waals surface area contributed by atoms with Crippen LogP contribution in [0.4, 0.5) is 10.1 Å². The minimum absolute atomic E-state index is 0.112. The topological polar surface area (TPSA) is 35.5 Å². The molecule has 1 saturated carbocycles. The fourth-order valence-corrected chi connectivity index (χ4v) is 3.89. The van der Waals surface area contributed by atoms with E-state index in [-0.39, 0.29) is 18.0 Å². The molecule has 1 aromatic carbocycles. The first-order chi connectivity index (χ1) is 10.0. The molecule has 4 heteroatoms. The number of hydrogen-bond acceptors (Lipinski definition) is 3. The molecule has 0 radical (unpaired) electrons. The molecule has 2 N–H and O–H groups in total. The van der Waals surface area contributed by atoms with Crippen LogP contribution in [0, 0.1) is 24.6 Å². The van der Waals surface area contributed by atoms with Gasteiger partial charge in [0.05, 0.1) is 6.10 Å². The van der Waals surface area contributed by atoms with E-state index in [4.69, 9.17) is 0 Å². The maximum absolute atomic E-state index is 13.9. The van der Waals surface area contributed by atoms with Gasteiger partial charge in [-0.2, -0.15) is 0 Å². The minimum atomic E-state index is -0.160. The Hall–Kier alpha value is -1.13. The second kappa shape index (κ2) is 5.58. The number of aliphatic hydroxyl groups excluding tert-OH is 1. The van der Waals surface area contributed by atoms with Gasteiger partial charge in [-0.25, -0.2) is 4.39 Å². The number of aliphatic hydroxyl groups is 1. The predicted octanol–water partition coefficient (Wildman–Crippen LogP) is 2.62. The summed E-state index contributed by atoms with van der Waals surface area (Å²) in [6.07, 6.45) is 1.89. The summed E-state index contributed by atoms with van der Waals surface area (Å²) in [5, 5.41) is 13.3. The molecule has 1 heterocycles. The highest BCUT2D eigenvalue weighted by Crippen LogP contribution is 2.41. The summed E-state index contributed by atoms with van der Waals surface area (Å²) in [5.41, 5.74) is 2.82. The lowest BCUT2D eigenvalue weighted by Gasteiger charge is -2.26. The summed E-state index contributed by atoms with van der Waals surface area (Å²) >= 11 is 0. The van der Waals surface area contributed by atoms with Gasteiger partial charge in [0.15, 0.2) is 0 Å². The van der Waals surface area contributed by atoms with E-state index >= 15 is 0 Å². The molecule has 3 nitrogen and oxygen atoms in total. The Morgan fingerprint density at radius 3 is 2.76 bits per heavy atom. The minimum Gasteiger partial charge on any atom is -0.393 e. The summed E-state index contributed by atoms with van der Waals surface area (Å²) in [5.74, 6) is 0.825. The Morgan fingerprint density at radius 1 is 1.33 bits per heavy atom. The molecule has 0 bridgehead atoms. The van der Waals surface area contributed by atoms with Crippen LogP contribution in [0.15, 0.2) is 12.1 Å². The number of hydrogen-bond donors (Lipinski definition) is 2. The van der Waals surface area contributed by atoms with Gasteiger partial charge in [0.25, 0.3) is 0 Å². The Kier molecular flexibility index (Phi) is 3.93. The Bertz CT molecular complexity index is 534.